The average Bonchev–Trinajstić information content (AvgIpc) is 3.17. The number of amides is 2. The Balaban J connectivity index is 1.66. The molecule has 0 saturated carbocycles. The number of anilines is 1. The number of nitrogens with one attached hydrogen (secondary N) is 2. The van der Waals surface area contributed by atoms with Gasteiger partial charge in [-0.25, -0.2) is 13.2 Å². The molecule has 152 valence electrons. The zero-order chi connectivity index (χ0) is 20.9. The molecule has 9 heteroatoms. The molecule has 2 aromatic rings. The van der Waals surface area contributed by atoms with Crippen LogP contribution in [0.5, 0.6) is 11.5 Å². The maximum absolute atomic E-state index is 12.6. The van der Waals surface area contributed by atoms with E-state index in [9.17, 15) is 13.2 Å². The van der Waals surface area contributed by atoms with Crippen LogP contribution in [-0.2, 0) is 10.0 Å². The fourth-order valence-corrected chi connectivity index (χ4v) is 3.90. The summed E-state index contributed by atoms with van der Waals surface area (Å²) in [5, 5.41) is 2.74. The lowest BCUT2D eigenvalue weighted by molar-refractivity contribution is 0.252. The molecule has 1 fully saturated rings. The molecule has 0 aromatic heterocycles. The number of rotatable bonds is 6. The van der Waals surface area contributed by atoms with E-state index in [2.05, 4.69) is 21.9 Å². The summed E-state index contributed by atoms with van der Waals surface area (Å²) in [6, 6.07) is 11.6. The van der Waals surface area contributed by atoms with Crippen molar-refractivity contribution in [1.82, 2.24) is 10.0 Å². The number of benzene rings is 2. The van der Waals surface area contributed by atoms with Gasteiger partial charge in [0.05, 0.1) is 20.8 Å². The van der Waals surface area contributed by atoms with Crippen molar-refractivity contribution in [1.29, 1.82) is 0 Å². The molecule has 2 amide bonds. The van der Waals surface area contributed by atoms with E-state index in [0.29, 0.717) is 24.4 Å². The summed E-state index contributed by atoms with van der Waals surface area (Å²) in [5.74, 6) is 6.31. The highest BCUT2D eigenvalue weighted by Gasteiger charge is 2.21. The molecule has 1 saturated heterocycles. The van der Waals surface area contributed by atoms with Gasteiger partial charge in [0.2, 0.25) is 10.0 Å². The number of carbonyl (C=O) groups excluding carboxylic acids is 1. The van der Waals surface area contributed by atoms with Gasteiger partial charge in [0.15, 0.2) is 0 Å². The monoisotopic (exact) mass is 415 g/mol. The first-order chi connectivity index (χ1) is 13.9. The van der Waals surface area contributed by atoms with Gasteiger partial charge in [0.25, 0.3) is 0 Å². The Hall–Kier alpha value is -3.22. The van der Waals surface area contributed by atoms with Gasteiger partial charge in [-0.1, -0.05) is 11.8 Å². The summed E-state index contributed by atoms with van der Waals surface area (Å²) in [6.45, 7) is 1.18. The van der Waals surface area contributed by atoms with Crippen molar-refractivity contribution >= 4 is 21.7 Å². The summed E-state index contributed by atoms with van der Waals surface area (Å²) in [4.78, 5) is 13.3. The van der Waals surface area contributed by atoms with Crippen molar-refractivity contribution in [2.24, 2.45) is 0 Å². The highest BCUT2D eigenvalue weighted by atomic mass is 32.2. The van der Waals surface area contributed by atoms with Crippen molar-refractivity contribution in [3.63, 3.8) is 0 Å². The lowest BCUT2D eigenvalue weighted by atomic mass is 10.2. The van der Waals surface area contributed by atoms with Crippen LogP contribution in [0.4, 0.5) is 10.5 Å². The second-order valence-electron chi connectivity index (χ2n) is 6.07. The van der Waals surface area contributed by atoms with Gasteiger partial charge < -0.3 is 14.8 Å². The van der Waals surface area contributed by atoms with Gasteiger partial charge in [-0.2, -0.15) is 4.72 Å². The number of carbonyl (C=O) groups is 1. The summed E-state index contributed by atoms with van der Waals surface area (Å²) in [5.41, 5.74) is 1.50. The number of urea groups is 1. The maximum atomic E-state index is 12.6. The van der Waals surface area contributed by atoms with Crippen LogP contribution in [0.15, 0.2) is 47.4 Å². The van der Waals surface area contributed by atoms with Crippen molar-refractivity contribution in [2.75, 3.05) is 38.8 Å². The largest absolute Gasteiger partial charge is 0.497 e. The predicted molar refractivity (Wildman–Crippen MR) is 109 cm³/mol. The number of hydrogen-bond acceptors (Lipinski definition) is 5. The first-order valence-electron chi connectivity index (χ1n) is 8.80. The van der Waals surface area contributed by atoms with E-state index in [1.807, 2.05) is 0 Å². The van der Waals surface area contributed by atoms with Crippen LogP contribution in [0.2, 0.25) is 0 Å². The van der Waals surface area contributed by atoms with Crippen LogP contribution in [0.25, 0.3) is 0 Å². The minimum absolute atomic E-state index is 0.0191. The van der Waals surface area contributed by atoms with Gasteiger partial charge in [0.1, 0.15) is 16.4 Å². The van der Waals surface area contributed by atoms with Crippen molar-refractivity contribution in [2.45, 2.75) is 4.90 Å². The molecular weight excluding hydrogens is 394 g/mol. The average molecular weight is 415 g/mol. The molecule has 2 N–H and O–H groups in total. The Bertz CT molecular complexity index is 1060. The molecule has 8 nitrogen and oxygen atoms in total. The first kappa shape index (κ1) is 20.5. The number of sulfonamides is 1. The number of hydrogen-bond donors (Lipinski definition) is 2. The van der Waals surface area contributed by atoms with Gasteiger partial charge in [-0.3, -0.25) is 4.90 Å². The SMILES string of the molecule is COc1ccc(OC)c(S(=O)(=O)NCC#Cc2ccc(N3CCNC3=O)cc2)c1. The highest BCUT2D eigenvalue weighted by molar-refractivity contribution is 7.89. The van der Waals surface area contributed by atoms with E-state index in [0.717, 1.165) is 5.69 Å². The Kier molecular flexibility index (Phi) is 6.26. The molecule has 29 heavy (non-hydrogen) atoms. The molecule has 2 aromatic carbocycles. The van der Waals surface area contributed by atoms with Crippen LogP contribution in [0, 0.1) is 11.8 Å². The Morgan fingerprint density at radius 1 is 1.14 bits per heavy atom. The number of ether oxygens (including phenoxy) is 2. The summed E-state index contributed by atoms with van der Waals surface area (Å²) < 4.78 is 37.8. The molecule has 0 radical (unpaired) electrons. The fourth-order valence-electron chi connectivity index (χ4n) is 2.79. The standard InChI is InChI=1S/C20H21N3O5S/c1-27-17-9-10-18(28-2)19(14-17)29(25,26)22-11-3-4-15-5-7-16(8-6-15)23-13-12-21-20(23)24/h5-10,14,22H,11-13H2,1-2H3,(H,21,24). The quantitative estimate of drug-likeness (QED) is 0.698. The first-order valence-corrected chi connectivity index (χ1v) is 10.3. The van der Waals surface area contributed by atoms with Crippen molar-refractivity contribution in [3.05, 3.63) is 48.0 Å². The molecule has 0 spiro atoms. The molecule has 0 bridgehead atoms. The minimum Gasteiger partial charge on any atom is -0.497 e. The third-order valence-electron chi connectivity index (χ3n) is 4.28. The summed E-state index contributed by atoms with van der Waals surface area (Å²) in [6.07, 6.45) is 0. The van der Waals surface area contributed by atoms with Gasteiger partial charge in [-0.15, -0.1) is 0 Å². The van der Waals surface area contributed by atoms with Crippen LogP contribution < -0.4 is 24.4 Å². The van der Waals surface area contributed by atoms with E-state index < -0.39 is 10.0 Å². The predicted octanol–water partition coefficient (Wildman–Crippen LogP) is 1.56. The zero-order valence-corrected chi connectivity index (χ0v) is 16.9. The smallest absolute Gasteiger partial charge is 0.321 e. The van der Waals surface area contributed by atoms with Crippen LogP contribution in [0.1, 0.15) is 5.56 Å². The second kappa shape index (κ2) is 8.86. The Morgan fingerprint density at radius 3 is 2.52 bits per heavy atom. The van der Waals surface area contributed by atoms with Crippen LogP contribution >= 0.6 is 0 Å². The molecule has 1 heterocycles. The van der Waals surface area contributed by atoms with Gasteiger partial charge in [-0.05, 0) is 36.4 Å². The summed E-state index contributed by atoms with van der Waals surface area (Å²) in [7, 11) is -0.967. The summed E-state index contributed by atoms with van der Waals surface area (Å²) >= 11 is 0. The second-order valence-corrected chi connectivity index (χ2v) is 7.81. The highest BCUT2D eigenvalue weighted by Crippen LogP contribution is 2.27. The van der Waals surface area contributed by atoms with E-state index in [4.69, 9.17) is 9.47 Å². The minimum atomic E-state index is -3.82. The molecular formula is C20H21N3O5S. The third-order valence-corrected chi connectivity index (χ3v) is 5.70. The lowest BCUT2D eigenvalue weighted by Gasteiger charge is -2.13. The van der Waals surface area contributed by atoms with E-state index in [-0.39, 0.29) is 23.2 Å². The van der Waals surface area contributed by atoms with Crippen LogP contribution in [0.3, 0.4) is 0 Å². The fraction of sp³-hybridized carbons (Fsp3) is 0.250. The molecule has 1 aliphatic rings. The third kappa shape index (κ3) is 4.80. The molecule has 0 aliphatic carbocycles. The molecule has 3 rings (SSSR count). The lowest BCUT2D eigenvalue weighted by Crippen LogP contribution is -2.27. The number of nitrogens with zero attached hydrogens (tertiary/aromatic N) is 1. The molecule has 1 aliphatic heterocycles. The van der Waals surface area contributed by atoms with E-state index in [1.54, 1.807) is 35.2 Å². The van der Waals surface area contributed by atoms with Crippen molar-refractivity contribution in [3.8, 4) is 23.3 Å². The molecule has 0 unspecified atom stereocenters. The van der Waals surface area contributed by atoms with Crippen molar-refractivity contribution < 1.29 is 22.7 Å². The maximum Gasteiger partial charge on any atom is 0.321 e. The van der Waals surface area contributed by atoms with Gasteiger partial charge in [0, 0.05) is 30.4 Å². The Morgan fingerprint density at radius 2 is 1.90 bits per heavy atom. The normalized spacial score (nSPS) is 13.4. The molecule has 0 atom stereocenters. The van der Waals surface area contributed by atoms with Gasteiger partial charge >= 0.3 is 6.03 Å². The van der Waals surface area contributed by atoms with E-state index >= 15 is 0 Å². The van der Waals surface area contributed by atoms with E-state index in [1.165, 1.54) is 26.4 Å². The van der Waals surface area contributed by atoms with Crippen LogP contribution in [-0.4, -0.2) is 48.3 Å². The zero-order valence-electron chi connectivity index (χ0n) is 16.1. The number of methoxy groups -OCH3 is 2. The topological polar surface area (TPSA) is 97.0 Å². The Labute approximate surface area is 169 Å².